The van der Waals surface area contributed by atoms with Gasteiger partial charge in [0.2, 0.25) is 0 Å². The van der Waals surface area contributed by atoms with Gasteiger partial charge in [0.25, 0.3) is 0 Å². The third kappa shape index (κ3) is 3.64. The Kier molecular flexibility index (Phi) is 4.78. The number of nitrogens with zero attached hydrogens (tertiary/aromatic N) is 2. The lowest BCUT2D eigenvalue weighted by Crippen LogP contribution is -2.23. The molecule has 2 atom stereocenters. The van der Waals surface area contributed by atoms with Gasteiger partial charge in [0.15, 0.2) is 0 Å². The highest BCUT2D eigenvalue weighted by Gasteiger charge is 2.15. The van der Waals surface area contributed by atoms with Gasteiger partial charge in [0, 0.05) is 32.2 Å². The van der Waals surface area contributed by atoms with Crippen molar-refractivity contribution in [1.82, 2.24) is 9.78 Å². The van der Waals surface area contributed by atoms with Crippen molar-refractivity contribution in [2.75, 3.05) is 13.7 Å². The van der Waals surface area contributed by atoms with Crippen LogP contribution in [0.2, 0.25) is 0 Å². The summed E-state index contributed by atoms with van der Waals surface area (Å²) >= 11 is 0. The number of methoxy groups -OCH3 is 1. The van der Waals surface area contributed by atoms with Gasteiger partial charge in [-0.05, 0) is 12.5 Å². The molecule has 0 amide bonds. The van der Waals surface area contributed by atoms with Gasteiger partial charge < -0.3 is 9.84 Å². The molecule has 0 fully saturated rings. The summed E-state index contributed by atoms with van der Waals surface area (Å²) in [6, 6.07) is 0. The van der Waals surface area contributed by atoms with E-state index in [1.165, 1.54) is 0 Å². The molecule has 15 heavy (non-hydrogen) atoms. The lowest BCUT2D eigenvalue weighted by atomic mass is 10.0. The van der Waals surface area contributed by atoms with Crippen LogP contribution < -0.4 is 0 Å². The summed E-state index contributed by atoms with van der Waals surface area (Å²) in [6.45, 7) is 5.48. The molecular weight excluding hydrogens is 192 g/mol. The highest BCUT2D eigenvalue weighted by molar-refractivity contribution is 5.05. The molecule has 4 heteroatoms. The highest BCUT2D eigenvalue weighted by Crippen LogP contribution is 2.10. The molecule has 1 aromatic rings. The molecule has 0 bridgehead atoms. The van der Waals surface area contributed by atoms with E-state index in [2.05, 4.69) is 5.10 Å². The van der Waals surface area contributed by atoms with E-state index in [1.807, 2.05) is 30.9 Å². The van der Waals surface area contributed by atoms with E-state index in [4.69, 9.17) is 4.74 Å². The summed E-state index contributed by atoms with van der Waals surface area (Å²) in [5.74, 6) is 0.153. The number of aryl methyl sites for hydroxylation is 1. The van der Waals surface area contributed by atoms with Crippen molar-refractivity contribution in [3.63, 3.8) is 0 Å². The summed E-state index contributed by atoms with van der Waals surface area (Å²) in [5.41, 5.74) is 1.08. The average molecular weight is 212 g/mol. The Balaban J connectivity index is 2.46. The Labute approximate surface area is 90.9 Å². The lowest BCUT2D eigenvalue weighted by Gasteiger charge is -2.16. The van der Waals surface area contributed by atoms with Crippen molar-refractivity contribution >= 4 is 0 Å². The van der Waals surface area contributed by atoms with Crippen molar-refractivity contribution in [3.8, 4) is 0 Å². The smallest absolute Gasteiger partial charge is 0.0629 e. The van der Waals surface area contributed by atoms with Crippen LogP contribution in [0.15, 0.2) is 12.4 Å². The fourth-order valence-electron chi connectivity index (χ4n) is 1.50. The van der Waals surface area contributed by atoms with Crippen molar-refractivity contribution in [2.45, 2.75) is 32.9 Å². The van der Waals surface area contributed by atoms with Gasteiger partial charge in [-0.2, -0.15) is 5.10 Å². The third-order valence-corrected chi connectivity index (χ3v) is 2.54. The fraction of sp³-hybridized carbons (Fsp3) is 0.727. The van der Waals surface area contributed by atoms with Crippen molar-refractivity contribution < 1.29 is 9.84 Å². The molecule has 0 spiro atoms. The maximum Gasteiger partial charge on any atom is 0.0629 e. The molecule has 1 aromatic heterocycles. The molecule has 4 nitrogen and oxygen atoms in total. The Bertz CT molecular complexity index is 286. The van der Waals surface area contributed by atoms with Crippen LogP contribution in [0.1, 0.15) is 19.4 Å². The standard InChI is InChI=1S/C11H20N2O2/c1-4-13-7-10(6-12-13)5-11(14)9(2)8-15-3/h6-7,9,11,14H,4-5,8H2,1-3H3. The number of ether oxygens (including phenoxy) is 1. The van der Waals surface area contributed by atoms with E-state index >= 15 is 0 Å². The van der Waals surface area contributed by atoms with Gasteiger partial charge >= 0.3 is 0 Å². The summed E-state index contributed by atoms with van der Waals surface area (Å²) in [6.07, 6.45) is 4.07. The average Bonchev–Trinajstić information content (AvgIpc) is 2.66. The van der Waals surface area contributed by atoms with E-state index in [1.54, 1.807) is 7.11 Å². The first kappa shape index (κ1) is 12.2. The number of aliphatic hydroxyl groups is 1. The van der Waals surface area contributed by atoms with Crippen LogP contribution in [0.5, 0.6) is 0 Å². The minimum Gasteiger partial charge on any atom is -0.392 e. The van der Waals surface area contributed by atoms with E-state index in [9.17, 15) is 5.11 Å². The Morgan fingerprint density at radius 2 is 2.33 bits per heavy atom. The van der Waals surface area contributed by atoms with Gasteiger partial charge in [-0.15, -0.1) is 0 Å². The van der Waals surface area contributed by atoms with Crippen LogP contribution in [-0.2, 0) is 17.7 Å². The van der Waals surface area contributed by atoms with Crippen molar-refractivity contribution in [2.24, 2.45) is 5.92 Å². The van der Waals surface area contributed by atoms with E-state index < -0.39 is 0 Å². The molecule has 0 aliphatic carbocycles. The summed E-state index contributed by atoms with van der Waals surface area (Å²) in [7, 11) is 1.65. The molecule has 0 aliphatic rings. The predicted molar refractivity (Wildman–Crippen MR) is 58.7 cm³/mol. The van der Waals surface area contributed by atoms with Gasteiger partial charge in [-0.3, -0.25) is 4.68 Å². The van der Waals surface area contributed by atoms with Crippen LogP contribution in [0, 0.1) is 5.92 Å². The van der Waals surface area contributed by atoms with Gasteiger partial charge in [-0.1, -0.05) is 6.92 Å². The topological polar surface area (TPSA) is 47.3 Å². The number of aliphatic hydroxyl groups excluding tert-OH is 1. The molecule has 0 aromatic carbocycles. The normalized spacial score (nSPS) is 15.2. The van der Waals surface area contributed by atoms with E-state index in [0.29, 0.717) is 13.0 Å². The fourth-order valence-corrected chi connectivity index (χ4v) is 1.50. The third-order valence-electron chi connectivity index (χ3n) is 2.54. The molecule has 2 unspecified atom stereocenters. The monoisotopic (exact) mass is 212 g/mol. The van der Waals surface area contributed by atoms with E-state index in [-0.39, 0.29) is 12.0 Å². The zero-order chi connectivity index (χ0) is 11.3. The molecule has 0 saturated heterocycles. The van der Waals surface area contributed by atoms with E-state index in [0.717, 1.165) is 12.1 Å². The molecule has 0 saturated carbocycles. The number of rotatable bonds is 6. The second-order valence-electron chi connectivity index (χ2n) is 3.91. The second kappa shape index (κ2) is 5.88. The van der Waals surface area contributed by atoms with Crippen LogP contribution in [0.3, 0.4) is 0 Å². The first-order valence-electron chi connectivity index (χ1n) is 5.35. The Hall–Kier alpha value is -0.870. The summed E-state index contributed by atoms with van der Waals surface area (Å²) in [4.78, 5) is 0. The largest absolute Gasteiger partial charge is 0.392 e. The van der Waals surface area contributed by atoms with Crippen LogP contribution in [-0.4, -0.2) is 34.7 Å². The van der Waals surface area contributed by atoms with Crippen LogP contribution >= 0.6 is 0 Å². The molecule has 0 radical (unpaired) electrons. The second-order valence-corrected chi connectivity index (χ2v) is 3.91. The maximum atomic E-state index is 9.87. The van der Waals surface area contributed by atoms with Crippen molar-refractivity contribution in [1.29, 1.82) is 0 Å². The Morgan fingerprint density at radius 1 is 1.60 bits per heavy atom. The van der Waals surface area contributed by atoms with Crippen LogP contribution in [0.25, 0.3) is 0 Å². The number of aromatic nitrogens is 2. The predicted octanol–water partition coefficient (Wildman–Crippen LogP) is 1.09. The Morgan fingerprint density at radius 3 is 2.87 bits per heavy atom. The van der Waals surface area contributed by atoms with Gasteiger partial charge in [0.05, 0.1) is 18.9 Å². The first-order valence-corrected chi connectivity index (χ1v) is 5.35. The molecule has 1 heterocycles. The lowest BCUT2D eigenvalue weighted by molar-refractivity contribution is 0.0575. The quantitative estimate of drug-likeness (QED) is 0.768. The molecule has 1 N–H and O–H groups in total. The zero-order valence-electron chi connectivity index (χ0n) is 9.68. The molecule has 0 aliphatic heterocycles. The summed E-state index contributed by atoms with van der Waals surface area (Å²) in [5, 5.41) is 14.0. The van der Waals surface area contributed by atoms with Gasteiger partial charge in [-0.25, -0.2) is 0 Å². The SMILES string of the molecule is CCn1cc(CC(O)C(C)COC)cn1. The minimum absolute atomic E-state index is 0.153. The number of hydrogen-bond acceptors (Lipinski definition) is 3. The first-order chi connectivity index (χ1) is 7.17. The maximum absolute atomic E-state index is 9.87. The van der Waals surface area contributed by atoms with Crippen molar-refractivity contribution in [3.05, 3.63) is 18.0 Å². The minimum atomic E-state index is -0.362. The zero-order valence-corrected chi connectivity index (χ0v) is 9.68. The molecule has 86 valence electrons. The highest BCUT2D eigenvalue weighted by atomic mass is 16.5. The molecular formula is C11H20N2O2. The summed E-state index contributed by atoms with van der Waals surface area (Å²) < 4.78 is 6.87. The number of hydrogen-bond donors (Lipinski definition) is 1. The van der Waals surface area contributed by atoms with Gasteiger partial charge in [0.1, 0.15) is 0 Å². The van der Waals surface area contributed by atoms with Crippen LogP contribution in [0.4, 0.5) is 0 Å². The molecule has 1 rings (SSSR count).